The third-order valence-corrected chi connectivity index (χ3v) is 2.55. The largest absolute Gasteiger partial charge is 0.386 e. The van der Waals surface area contributed by atoms with Gasteiger partial charge in [-0.3, -0.25) is 4.79 Å². The number of nitrogens with one attached hydrogen (secondary N) is 1. The average molecular weight is 229 g/mol. The van der Waals surface area contributed by atoms with Gasteiger partial charge in [0.2, 0.25) is 0 Å². The molecule has 1 rings (SSSR count). The van der Waals surface area contributed by atoms with Crippen molar-refractivity contribution in [2.45, 2.75) is 12.5 Å². The van der Waals surface area contributed by atoms with Crippen molar-refractivity contribution in [2.24, 2.45) is 0 Å². The maximum absolute atomic E-state index is 11.5. The van der Waals surface area contributed by atoms with Crippen LogP contribution < -0.4 is 5.32 Å². The van der Waals surface area contributed by atoms with Crippen molar-refractivity contribution in [1.82, 2.24) is 5.32 Å². The maximum Gasteiger partial charge on any atom is 0.252 e. The Bertz CT molecular complexity index is 308. The molecule has 15 heavy (non-hydrogen) atoms. The van der Waals surface area contributed by atoms with Gasteiger partial charge in [0.05, 0.1) is 6.61 Å². The van der Waals surface area contributed by atoms with Crippen LogP contribution in [0.4, 0.5) is 0 Å². The molecule has 5 heteroatoms. The molecule has 1 aromatic heterocycles. The van der Waals surface area contributed by atoms with Crippen LogP contribution in [-0.2, 0) is 4.74 Å². The minimum atomic E-state index is -1.03. The minimum Gasteiger partial charge on any atom is -0.386 e. The summed E-state index contributed by atoms with van der Waals surface area (Å²) < 4.78 is 4.83. The van der Waals surface area contributed by atoms with E-state index in [4.69, 9.17) is 4.74 Å². The third-order valence-electron chi connectivity index (χ3n) is 1.87. The third kappa shape index (κ3) is 3.99. The molecule has 0 aliphatic rings. The molecule has 0 radical (unpaired) electrons. The first-order valence-electron chi connectivity index (χ1n) is 4.57. The predicted molar refractivity (Wildman–Crippen MR) is 59.2 cm³/mol. The lowest BCUT2D eigenvalue weighted by molar-refractivity contribution is -0.0147. The molecule has 0 spiro atoms. The van der Waals surface area contributed by atoms with Crippen LogP contribution in [0, 0.1) is 0 Å². The van der Waals surface area contributed by atoms with E-state index in [1.807, 2.05) is 5.38 Å². The van der Waals surface area contributed by atoms with Gasteiger partial charge < -0.3 is 15.2 Å². The number of ether oxygens (including phenoxy) is 1. The Kier molecular flexibility index (Phi) is 4.26. The van der Waals surface area contributed by atoms with E-state index in [0.29, 0.717) is 5.56 Å². The summed E-state index contributed by atoms with van der Waals surface area (Å²) in [7, 11) is 1.51. The van der Waals surface area contributed by atoms with Gasteiger partial charge in [-0.15, -0.1) is 0 Å². The van der Waals surface area contributed by atoms with Gasteiger partial charge in [-0.2, -0.15) is 11.3 Å². The average Bonchev–Trinajstić information content (AvgIpc) is 2.67. The molecule has 2 N–H and O–H groups in total. The van der Waals surface area contributed by atoms with E-state index in [2.05, 4.69) is 5.32 Å². The lowest BCUT2D eigenvalue weighted by atomic mass is 10.1. The van der Waals surface area contributed by atoms with Crippen molar-refractivity contribution in [2.75, 3.05) is 20.3 Å². The standard InChI is InChI=1S/C10H15NO3S/c1-10(13,7-14-2)6-11-9(12)8-3-4-15-5-8/h3-5,13H,6-7H2,1-2H3,(H,11,12)/t10-/m0/s1. The molecule has 0 aliphatic carbocycles. The fraction of sp³-hybridized carbons (Fsp3) is 0.500. The lowest BCUT2D eigenvalue weighted by Gasteiger charge is -2.22. The van der Waals surface area contributed by atoms with Gasteiger partial charge in [-0.05, 0) is 18.4 Å². The molecule has 0 bridgehead atoms. The Morgan fingerprint density at radius 2 is 2.47 bits per heavy atom. The Labute approximate surface area is 92.9 Å². The topological polar surface area (TPSA) is 58.6 Å². The highest BCUT2D eigenvalue weighted by Gasteiger charge is 2.21. The van der Waals surface area contributed by atoms with Gasteiger partial charge in [0.1, 0.15) is 5.60 Å². The second-order valence-corrected chi connectivity index (χ2v) is 4.40. The molecule has 0 aromatic carbocycles. The SMILES string of the molecule is COC[C@@](C)(O)CNC(=O)c1ccsc1. The molecule has 1 aromatic rings. The number of amides is 1. The molecule has 0 saturated carbocycles. The first-order chi connectivity index (χ1) is 7.05. The van der Waals surface area contributed by atoms with Crippen molar-refractivity contribution in [1.29, 1.82) is 0 Å². The van der Waals surface area contributed by atoms with Gasteiger partial charge in [0.15, 0.2) is 0 Å². The number of hydrogen-bond acceptors (Lipinski definition) is 4. The van der Waals surface area contributed by atoms with Crippen LogP contribution in [0.2, 0.25) is 0 Å². The fourth-order valence-electron chi connectivity index (χ4n) is 1.13. The Morgan fingerprint density at radius 3 is 3.00 bits per heavy atom. The number of methoxy groups -OCH3 is 1. The summed E-state index contributed by atoms with van der Waals surface area (Å²) in [5.74, 6) is -0.173. The molecule has 1 atom stereocenters. The zero-order chi connectivity index (χ0) is 11.3. The summed E-state index contributed by atoms with van der Waals surface area (Å²) >= 11 is 1.46. The summed E-state index contributed by atoms with van der Waals surface area (Å²) in [6.45, 7) is 1.98. The lowest BCUT2D eigenvalue weighted by Crippen LogP contribution is -2.43. The van der Waals surface area contributed by atoms with Gasteiger partial charge in [0.25, 0.3) is 5.91 Å². The van der Waals surface area contributed by atoms with Crippen LogP contribution in [0.15, 0.2) is 16.8 Å². The van der Waals surface area contributed by atoms with Crippen LogP contribution in [0.1, 0.15) is 17.3 Å². The number of aliphatic hydroxyl groups is 1. The summed E-state index contributed by atoms with van der Waals surface area (Å²) in [5.41, 5.74) is -0.409. The second-order valence-electron chi connectivity index (χ2n) is 3.62. The second kappa shape index (κ2) is 5.25. The molecule has 0 fully saturated rings. The van der Waals surface area contributed by atoms with Crippen LogP contribution in [0.25, 0.3) is 0 Å². The first kappa shape index (κ1) is 12.2. The van der Waals surface area contributed by atoms with E-state index in [9.17, 15) is 9.90 Å². The first-order valence-corrected chi connectivity index (χ1v) is 5.51. The van der Waals surface area contributed by atoms with Crippen molar-refractivity contribution in [3.63, 3.8) is 0 Å². The molecule has 84 valence electrons. The molecular weight excluding hydrogens is 214 g/mol. The smallest absolute Gasteiger partial charge is 0.252 e. The number of hydrogen-bond donors (Lipinski definition) is 2. The molecular formula is C10H15NO3S. The van der Waals surface area contributed by atoms with Gasteiger partial charge in [0, 0.05) is 24.6 Å². The molecule has 0 unspecified atom stereocenters. The van der Waals surface area contributed by atoms with E-state index >= 15 is 0 Å². The number of carbonyl (C=O) groups is 1. The maximum atomic E-state index is 11.5. The Balaban J connectivity index is 2.40. The minimum absolute atomic E-state index is 0.173. The van der Waals surface area contributed by atoms with Crippen molar-refractivity contribution in [3.05, 3.63) is 22.4 Å². The Hall–Kier alpha value is -0.910. The number of carbonyl (C=O) groups excluding carboxylic acids is 1. The normalized spacial score (nSPS) is 14.6. The molecule has 0 saturated heterocycles. The van der Waals surface area contributed by atoms with Crippen LogP contribution in [-0.4, -0.2) is 36.9 Å². The van der Waals surface area contributed by atoms with Gasteiger partial charge in [-0.1, -0.05) is 0 Å². The molecule has 1 amide bonds. The molecule has 0 aliphatic heterocycles. The van der Waals surface area contributed by atoms with Gasteiger partial charge >= 0.3 is 0 Å². The molecule has 4 nitrogen and oxygen atoms in total. The quantitative estimate of drug-likeness (QED) is 0.788. The summed E-state index contributed by atoms with van der Waals surface area (Å²) in [5, 5.41) is 16.0. The Morgan fingerprint density at radius 1 is 1.73 bits per heavy atom. The fourth-order valence-corrected chi connectivity index (χ4v) is 1.76. The monoisotopic (exact) mass is 229 g/mol. The highest BCUT2D eigenvalue weighted by Crippen LogP contribution is 2.06. The number of rotatable bonds is 5. The van der Waals surface area contributed by atoms with Crippen LogP contribution in [0.5, 0.6) is 0 Å². The van der Waals surface area contributed by atoms with Crippen LogP contribution in [0.3, 0.4) is 0 Å². The summed E-state index contributed by atoms with van der Waals surface area (Å²) in [6.07, 6.45) is 0. The van der Waals surface area contributed by atoms with E-state index in [-0.39, 0.29) is 19.1 Å². The van der Waals surface area contributed by atoms with E-state index in [0.717, 1.165) is 0 Å². The zero-order valence-electron chi connectivity index (χ0n) is 8.82. The van der Waals surface area contributed by atoms with Gasteiger partial charge in [-0.25, -0.2) is 0 Å². The van der Waals surface area contributed by atoms with E-state index in [1.54, 1.807) is 18.4 Å². The highest BCUT2D eigenvalue weighted by molar-refractivity contribution is 7.08. The zero-order valence-corrected chi connectivity index (χ0v) is 9.63. The highest BCUT2D eigenvalue weighted by atomic mass is 32.1. The van der Waals surface area contributed by atoms with Crippen molar-refractivity contribution < 1.29 is 14.6 Å². The predicted octanol–water partition coefficient (Wildman–Crippen LogP) is 0.875. The van der Waals surface area contributed by atoms with E-state index < -0.39 is 5.60 Å². The number of thiophene rings is 1. The van der Waals surface area contributed by atoms with Crippen LogP contribution >= 0.6 is 11.3 Å². The summed E-state index contributed by atoms with van der Waals surface area (Å²) in [6, 6.07) is 1.74. The summed E-state index contributed by atoms with van der Waals surface area (Å²) in [4.78, 5) is 11.5. The van der Waals surface area contributed by atoms with Crippen molar-refractivity contribution >= 4 is 17.2 Å². The van der Waals surface area contributed by atoms with E-state index in [1.165, 1.54) is 18.4 Å². The van der Waals surface area contributed by atoms with Crippen molar-refractivity contribution in [3.8, 4) is 0 Å². The molecule has 1 heterocycles.